The number of thiazole rings is 1. The van der Waals surface area contributed by atoms with Gasteiger partial charge in [0.1, 0.15) is 10.7 Å². The maximum atomic E-state index is 5.42. The second-order valence-electron chi connectivity index (χ2n) is 2.14. The highest BCUT2D eigenvalue weighted by Gasteiger charge is 2.01. The molecular weight excluding hydrogens is 252 g/mol. The lowest BCUT2D eigenvalue weighted by Gasteiger charge is -1.94. The van der Waals surface area contributed by atoms with Crippen molar-refractivity contribution in [3.63, 3.8) is 0 Å². The predicted molar refractivity (Wildman–Crippen MR) is 57.9 cm³/mol. The number of anilines is 1. The predicted octanol–water partition coefficient (Wildman–Crippen LogP) is 1.76. The van der Waals surface area contributed by atoms with Gasteiger partial charge in [-0.3, -0.25) is 0 Å². The zero-order chi connectivity index (χ0) is 8.39. The van der Waals surface area contributed by atoms with E-state index in [0.717, 1.165) is 10.7 Å². The van der Waals surface area contributed by atoms with Gasteiger partial charge >= 0.3 is 0 Å². The maximum absolute atomic E-state index is 5.42. The molecule has 2 N–H and O–H groups in total. The summed E-state index contributed by atoms with van der Waals surface area (Å²) >= 11 is 1.53. The lowest BCUT2D eigenvalue weighted by atomic mass is 10.4. The van der Waals surface area contributed by atoms with Gasteiger partial charge in [-0.1, -0.05) is 0 Å². The summed E-state index contributed by atoms with van der Waals surface area (Å²) in [7, 11) is 0. The Morgan fingerprint density at radius 3 is 2.69 bits per heavy atom. The van der Waals surface area contributed by atoms with Crippen molar-refractivity contribution in [2.75, 3.05) is 5.73 Å². The zero-order valence-electron chi connectivity index (χ0n) is 6.54. The van der Waals surface area contributed by atoms with Gasteiger partial charge in [-0.25, -0.2) is 15.0 Å². The molecule has 0 saturated carbocycles. The normalized spacial score (nSPS) is 9.23. The molecule has 13 heavy (non-hydrogen) atoms. The van der Waals surface area contributed by atoms with Crippen LogP contribution in [0.15, 0.2) is 23.8 Å². The van der Waals surface area contributed by atoms with Crippen LogP contribution in [0.1, 0.15) is 0 Å². The van der Waals surface area contributed by atoms with Crippen molar-refractivity contribution in [2.45, 2.75) is 0 Å². The van der Waals surface area contributed by atoms with Crippen LogP contribution in [0.25, 0.3) is 10.7 Å². The Bertz CT molecular complexity index is 376. The van der Waals surface area contributed by atoms with Crippen LogP contribution in [0.2, 0.25) is 0 Å². The van der Waals surface area contributed by atoms with Crippen LogP contribution in [0.5, 0.6) is 0 Å². The molecule has 4 nitrogen and oxygen atoms in total. The van der Waals surface area contributed by atoms with Crippen LogP contribution in [0, 0.1) is 0 Å². The molecule has 0 aromatic carbocycles. The number of nitrogen functional groups attached to an aromatic ring is 1. The molecule has 0 unspecified atom stereocenters. The number of halogens is 1. The summed E-state index contributed by atoms with van der Waals surface area (Å²) in [5.74, 6) is 0.280. The molecule has 2 aromatic heterocycles. The average Bonchev–Trinajstić information content (AvgIpc) is 2.56. The summed E-state index contributed by atoms with van der Waals surface area (Å²) in [4.78, 5) is 11.9. The molecule has 2 rings (SSSR count). The molecule has 0 saturated heterocycles. The van der Waals surface area contributed by atoms with Crippen LogP contribution in [0.3, 0.4) is 0 Å². The van der Waals surface area contributed by atoms with Crippen molar-refractivity contribution >= 4 is 34.3 Å². The van der Waals surface area contributed by atoms with Crippen molar-refractivity contribution in [3.8, 4) is 10.7 Å². The third kappa shape index (κ3) is 2.22. The first kappa shape index (κ1) is 10.1. The molecule has 6 heteroatoms. The Labute approximate surface area is 89.6 Å². The van der Waals surface area contributed by atoms with Crippen molar-refractivity contribution in [2.24, 2.45) is 0 Å². The molecule has 0 aliphatic carbocycles. The minimum atomic E-state index is 0. The molecule has 0 spiro atoms. The Kier molecular flexibility index (Phi) is 3.32. The second-order valence-corrected chi connectivity index (χ2v) is 3.03. The number of rotatable bonds is 1. The first-order valence-electron chi connectivity index (χ1n) is 3.34. The van der Waals surface area contributed by atoms with Crippen molar-refractivity contribution < 1.29 is 0 Å². The lowest BCUT2D eigenvalue weighted by Crippen LogP contribution is -1.94. The van der Waals surface area contributed by atoms with Crippen molar-refractivity contribution in [1.29, 1.82) is 0 Å². The quantitative estimate of drug-likeness (QED) is 0.847. The topological polar surface area (TPSA) is 64.7 Å². The van der Waals surface area contributed by atoms with E-state index >= 15 is 0 Å². The lowest BCUT2D eigenvalue weighted by molar-refractivity contribution is 1.18. The van der Waals surface area contributed by atoms with Crippen LogP contribution in [-0.4, -0.2) is 15.0 Å². The minimum Gasteiger partial charge on any atom is -0.368 e. The molecule has 0 aliphatic heterocycles. The summed E-state index contributed by atoms with van der Waals surface area (Å²) in [6, 6.07) is 1.79. The average molecular weight is 259 g/mol. The molecule has 0 radical (unpaired) electrons. The summed E-state index contributed by atoms with van der Waals surface area (Å²) in [6.45, 7) is 0. The molecule has 0 fully saturated rings. The van der Waals surface area contributed by atoms with Gasteiger partial charge in [0, 0.05) is 17.8 Å². The molecule has 0 atom stereocenters. The maximum Gasteiger partial charge on any atom is 0.220 e. The number of nitrogens with two attached hydrogens (primary N) is 1. The molecule has 68 valence electrons. The fourth-order valence-electron chi connectivity index (χ4n) is 0.843. The van der Waals surface area contributed by atoms with Crippen LogP contribution < -0.4 is 5.73 Å². The Morgan fingerprint density at radius 2 is 2.08 bits per heavy atom. The summed E-state index contributed by atoms with van der Waals surface area (Å²) in [6.07, 6.45) is 3.36. The van der Waals surface area contributed by atoms with E-state index in [1.165, 1.54) is 11.3 Å². The fraction of sp³-hybridized carbons (Fsp3) is 0. The van der Waals surface area contributed by atoms with Gasteiger partial charge in [-0.15, -0.1) is 28.3 Å². The van der Waals surface area contributed by atoms with Crippen LogP contribution >= 0.6 is 28.3 Å². The molecular formula is C7H7BrN4S. The highest BCUT2D eigenvalue weighted by Crippen LogP contribution is 2.18. The van der Waals surface area contributed by atoms with Gasteiger partial charge < -0.3 is 5.73 Å². The van der Waals surface area contributed by atoms with Gasteiger partial charge in [0.2, 0.25) is 5.95 Å². The molecule has 2 aromatic rings. The first-order valence-corrected chi connectivity index (χ1v) is 4.22. The third-order valence-electron chi connectivity index (χ3n) is 1.33. The van der Waals surface area contributed by atoms with E-state index in [1.54, 1.807) is 18.5 Å². The molecule has 0 bridgehead atoms. The highest BCUT2D eigenvalue weighted by molar-refractivity contribution is 8.93. The number of hydrogen-bond donors (Lipinski definition) is 1. The number of hydrogen-bond acceptors (Lipinski definition) is 5. The fourth-order valence-corrected chi connectivity index (χ4v) is 1.45. The Balaban J connectivity index is 0.000000845. The summed E-state index contributed by atoms with van der Waals surface area (Å²) in [5, 5.41) is 2.76. The van der Waals surface area contributed by atoms with Gasteiger partial charge in [-0.2, -0.15) is 0 Å². The van der Waals surface area contributed by atoms with Crippen molar-refractivity contribution in [1.82, 2.24) is 15.0 Å². The van der Waals surface area contributed by atoms with Gasteiger partial charge in [-0.05, 0) is 6.07 Å². The smallest absolute Gasteiger partial charge is 0.220 e. The van der Waals surface area contributed by atoms with E-state index in [4.69, 9.17) is 5.73 Å². The van der Waals surface area contributed by atoms with Gasteiger partial charge in [0.15, 0.2) is 0 Å². The standard InChI is InChI=1S/C7H6N4S.BrH/c8-7-10-2-1-5(11-7)6-9-3-4-12-6;/h1-4H,(H2,8,10,11);1H. The first-order chi connectivity index (χ1) is 5.86. The molecule has 0 aliphatic rings. The van der Waals surface area contributed by atoms with E-state index in [1.807, 2.05) is 5.38 Å². The number of aromatic nitrogens is 3. The summed E-state index contributed by atoms with van der Waals surface area (Å²) in [5.41, 5.74) is 6.19. The highest BCUT2D eigenvalue weighted by atomic mass is 79.9. The van der Waals surface area contributed by atoms with E-state index < -0.39 is 0 Å². The number of nitrogens with zero attached hydrogens (tertiary/aromatic N) is 3. The third-order valence-corrected chi connectivity index (χ3v) is 2.12. The van der Waals surface area contributed by atoms with E-state index in [0.29, 0.717) is 0 Å². The molecule has 0 amide bonds. The largest absolute Gasteiger partial charge is 0.368 e. The van der Waals surface area contributed by atoms with Gasteiger partial charge in [0.05, 0.1) is 0 Å². The van der Waals surface area contributed by atoms with Gasteiger partial charge in [0.25, 0.3) is 0 Å². The Hall–Kier alpha value is -1.01. The zero-order valence-corrected chi connectivity index (χ0v) is 9.07. The van der Waals surface area contributed by atoms with Crippen LogP contribution in [-0.2, 0) is 0 Å². The SMILES string of the molecule is Br.Nc1nccc(-c2nccs2)n1. The van der Waals surface area contributed by atoms with E-state index in [-0.39, 0.29) is 22.9 Å². The monoisotopic (exact) mass is 258 g/mol. The Morgan fingerprint density at radius 1 is 1.23 bits per heavy atom. The minimum absolute atomic E-state index is 0. The van der Waals surface area contributed by atoms with E-state index in [2.05, 4.69) is 15.0 Å². The van der Waals surface area contributed by atoms with Crippen LogP contribution in [0.4, 0.5) is 5.95 Å². The van der Waals surface area contributed by atoms with E-state index in [9.17, 15) is 0 Å². The second kappa shape index (κ2) is 4.29. The van der Waals surface area contributed by atoms with Crippen molar-refractivity contribution in [3.05, 3.63) is 23.8 Å². The summed E-state index contributed by atoms with van der Waals surface area (Å²) < 4.78 is 0. The molecule has 2 heterocycles.